The number of hydrogen-bond acceptors (Lipinski definition) is 4. The van der Waals surface area contributed by atoms with E-state index in [1.807, 2.05) is 0 Å². The number of nitrogens with one attached hydrogen (secondary N) is 1. The minimum absolute atomic E-state index is 0.263. The van der Waals surface area contributed by atoms with Crippen LogP contribution in [0, 0.1) is 5.92 Å². The molecule has 1 amide bonds. The number of rotatable bonds is 3. The van der Waals surface area contributed by atoms with Gasteiger partial charge in [0, 0.05) is 24.0 Å². The minimum Gasteiger partial charge on any atom is -0.481 e. The number of aliphatic carboxylic acids is 1. The zero-order valence-electron chi connectivity index (χ0n) is 11.3. The Morgan fingerprint density at radius 3 is 2.67 bits per heavy atom. The van der Waals surface area contributed by atoms with Gasteiger partial charge in [-0.1, -0.05) is 6.42 Å². The molecule has 108 valence electrons. The number of amides is 1. The van der Waals surface area contributed by atoms with Gasteiger partial charge in [0.2, 0.25) is 0 Å². The van der Waals surface area contributed by atoms with E-state index in [1.54, 1.807) is 30.6 Å². The van der Waals surface area contributed by atoms with Gasteiger partial charge >= 0.3 is 5.97 Å². The number of aromatic nitrogens is 2. The Hall–Kier alpha value is -2.50. The summed E-state index contributed by atoms with van der Waals surface area (Å²) in [6.07, 6.45) is 5.31. The molecule has 1 aromatic heterocycles. The first-order valence-corrected chi connectivity index (χ1v) is 6.89. The highest BCUT2D eigenvalue weighted by Crippen LogP contribution is 2.26. The molecule has 1 aromatic carbocycles. The average molecular weight is 285 g/mol. The molecule has 6 heteroatoms. The third kappa shape index (κ3) is 2.69. The van der Waals surface area contributed by atoms with E-state index in [1.165, 1.54) is 0 Å². The lowest BCUT2D eigenvalue weighted by molar-refractivity contribution is -0.142. The third-order valence-electron chi connectivity index (χ3n) is 3.88. The van der Waals surface area contributed by atoms with E-state index in [0.29, 0.717) is 23.9 Å². The van der Waals surface area contributed by atoms with Crippen LogP contribution in [0.5, 0.6) is 0 Å². The van der Waals surface area contributed by atoms with Crippen molar-refractivity contribution in [2.45, 2.75) is 25.3 Å². The molecule has 0 aliphatic heterocycles. The van der Waals surface area contributed by atoms with Crippen LogP contribution in [0.1, 0.15) is 29.6 Å². The normalized spacial score (nSPS) is 21.3. The van der Waals surface area contributed by atoms with Gasteiger partial charge in [0.1, 0.15) is 0 Å². The SMILES string of the molecule is O=C(N[C@H]1CCC[C@H]1C(=O)O)c1ccc2nccnc2c1. The van der Waals surface area contributed by atoms with Crippen LogP contribution < -0.4 is 5.32 Å². The molecule has 1 aliphatic rings. The van der Waals surface area contributed by atoms with Gasteiger partial charge in [0.25, 0.3) is 5.91 Å². The van der Waals surface area contributed by atoms with E-state index in [9.17, 15) is 9.59 Å². The van der Waals surface area contributed by atoms with Crippen LogP contribution in [-0.2, 0) is 4.79 Å². The van der Waals surface area contributed by atoms with Gasteiger partial charge in [-0.25, -0.2) is 0 Å². The summed E-state index contributed by atoms with van der Waals surface area (Å²) in [6, 6.07) is 4.78. The van der Waals surface area contributed by atoms with Crippen molar-refractivity contribution in [1.29, 1.82) is 0 Å². The fourth-order valence-corrected chi connectivity index (χ4v) is 2.78. The molecule has 1 aliphatic carbocycles. The van der Waals surface area contributed by atoms with E-state index in [-0.39, 0.29) is 11.9 Å². The molecule has 0 spiro atoms. The van der Waals surface area contributed by atoms with Crippen molar-refractivity contribution < 1.29 is 14.7 Å². The fraction of sp³-hybridized carbons (Fsp3) is 0.333. The number of hydrogen-bond donors (Lipinski definition) is 2. The maximum Gasteiger partial charge on any atom is 0.308 e. The molecular formula is C15H15N3O3. The second-order valence-electron chi connectivity index (χ2n) is 5.22. The highest BCUT2D eigenvalue weighted by atomic mass is 16.4. The maximum atomic E-state index is 12.3. The molecule has 3 rings (SSSR count). The number of fused-ring (bicyclic) bond motifs is 1. The van der Waals surface area contributed by atoms with Gasteiger partial charge < -0.3 is 10.4 Å². The number of nitrogens with zero attached hydrogens (tertiary/aromatic N) is 2. The van der Waals surface area contributed by atoms with Crippen LogP contribution in [0.25, 0.3) is 11.0 Å². The summed E-state index contributed by atoms with van der Waals surface area (Å²) < 4.78 is 0. The summed E-state index contributed by atoms with van der Waals surface area (Å²) in [6.45, 7) is 0. The highest BCUT2D eigenvalue weighted by molar-refractivity contribution is 5.97. The first-order chi connectivity index (χ1) is 10.1. The lowest BCUT2D eigenvalue weighted by Crippen LogP contribution is -2.40. The molecule has 21 heavy (non-hydrogen) atoms. The zero-order chi connectivity index (χ0) is 14.8. The lowest BCUT2D eigenvalue weighted by Gasteiger charge is -2.17. The number of carboxylic acids is 1. The summed E-state index contributed by atoms with van der Waals surface area (Å²) in [4.78, 5) is 31.7. The average Bonchev–Trinajstić information content (AvgIpc) is 2.95. The Balaban J connectivity index is 1.79. The summed E-state index contributed by atoms with van der Waals surface area (Å²) in [5, 5.41) is 12.0. The number of benzene rings is 1. The Morgan fingerprint density at radius 2 is 1.90 bits per heavy atom. The van der Waals surface area contributed by atoms with E-state index in [4.69, 9.17) is 5.11 Å². The molecule has 0 radical (unpaired) electrons. The van der Waals surface area contributed by atoms with Crippen LogP contribution in [0.3, 0.4) is 0 Å². The molecule has 0 saturated heterocycles. The van der Waals surface area contributed by atoms with Crippen LogP contribution in [0.4, 0.5) is 0 Å². The molecule has 2 N–H and O–H groups in total. The largest absolute Gasteiger partial charge is 0.481 e. The zero-order valence-corrected chi connectivity index (χ0v) is 11.3. The minimum atomic E-state index is -0.845. The van der Waals surface area contributed by atoms with Gasteiger partial charge in [-0.3, -0.25) is 19.6 Å². The Labute approximate surface area is 121 Å². The molecule has 1 saturated carbocycles. The van der Waals surface area contributed by atoms with Gasteiger partial charge in [-0.2, -0.15) is 0 Å². The quantitative estimate of drug-likeness (QED) is 0.893. The van der Waals surface area contributed by atoms with Crippen molar-refractivity contribution in [2.75, 3.05) is 0 Å². The summed E-state index contributed by atoms with van der Waals surface area (Å²) in [5.41, 5.74) is 1.84. The molecular weight excluding hydrogens is 270 g/mol. The number of carbonyl (C=O) groups excluding carboxylic acids is 1. The van der Waals surface area contributed by atoms with Gasteiger partial charge in [-0.15, -0.1) is 0 Å². The van der Waals surface area contributed by atoms with Crippen molar-refractivity contribution in [3.8, 4) is 0 Å². The van der Waals surface area contributed by atoms with Gasteiger partial charge in [0.05, 0.1) is 17.0 Å². The Bertz CT molecular complexity index is 701. The first-order valence-electron chi connectivity index (χ1n) is 6.89. The van der Waals surface area contributed by atoms with E-state index < -0.39 is 11.9 Å². The molecule has 6 nitrogen and oxygen atoms in total. The van der Waals surface area contributed by atoms with Gasteiger partial charge in [-0.05, 0) is 31.0 Å². The predicted octanol–water partition coefficient (Wildman–Crippen LogP) is 1.61. The summed E-state index contributed by atoms with van der Waals surface area (Å²) in [7, 11) is 0. The first kappa shape index (κ1) is 13.5. The molecule has 2 aromatic rings. The molecule has 1 fully saturated rings. The van der Waals surface area contributed by atoms with Crippen LogP contribution >= 0.6 is 0 Å². The number of carboxylic acid groups (broad SMARTS) is 1. The molecule has 1 heterocycles. The predicted molar refractivity (Wildman–Crippen MR) is 75.8 cm³/mol. The van der Waals surface area contributed by atoms with Crippen molar-refractivity contribution in [3.63, 3.8) is 0 Å². The van der Waals surface area contributed by atoms with Crippen molar-refractivity contribution in [2.24, 2.45) is 5.92 Å². The second-order valence-corrected chi connectivity index (χ2v) is 5.22. The Kier molecular flexibility index (Phi) is 3.51. The molecule has 2 atom stereocenters. The fourth-order valence-electron chi connectivity index (χ4n) is 2.78. The second kappa shape index (κ2) is 5.47. The number of carbonyl (C=O) groups is 2. The standard InChI is InChI=1S/C15H15N3O3/c19-14(18-11-3-1-2-10(11)15(20)21)9-4-5-12-13(8-9)17-7-6-16-12/h4-8,10-11H,1-3H2,(H,18,19)(H,20,21)/t10-,11+/m1/s1. The van der Waals surface area contributed by atoms with Crippen molar-refractivity contribution in [1.82, 2.24) is 15.3 Å². The topological polar surface area (TPSA) is 92.2 Å². The highest BCUT2D eigenvalue weighted by Gasteiger charge is 2.33. The van der Waals surface area contributed by atoms with E-state index >= 15 is 0 Å². The van der Waals surface area contributed by atoms with Crippen LogP contribution in [0.15, 0.2) is 30.6 Å². The summed E-state index contributed by atoms with van der Waals surface area (Å²) in [5.74, 6) is -1.60. The smallest absolute Gasteiger partial charge is 0.308 e. The third-order valence-corrected chi connectivity index (χ3v) is 3.88. The maximum absolute atomic E-state index is 12.3. The van der Waals surface area contributed by atoms with E-state index in [2.05, 4.69) is 15.3 Å². The van der Waals surface area contributed by atoms with Crippen LogP contribution in [-0.4, -0.2) is 33.0 Å². The monoisotopic (exact) mass is 285 g/mol. The van der Waals surface area contributed by atoms with Gasteiger partial charge in [0.15, 0.2) is 0 Å². The summed E-state index contributed by atoms with van der Waals surface area (Å²) >= 11 is 0. The van der Waals surface area contributed by atoms with Crippen molar-refractivity contribution >= 4 is 22.9 Å². The van der Waals surface area contributed by atoms with Crippen molar-refractivity contribution in [3.05, 3.63) is 36.2 Å². The lowest BCUT2D eigenvalue weighted by atomic mass is 10.0. The molecule has 0 bridgehead atoms. The molecule has 0 unspecified atom stereocenters. The Morgan fingerprint density at radius 1 is 1.14 bits per heavy atom. The van der Waals surface area contributed by atoms with Crippen LogP contribution in [0.2, 0.25) is 0 Å². The van der Waals surface area contributed by atoms with E-state index in [0.717, 1.165) is 11.9 Å².